The molecule has 5 heteroatoms. The summed E-state index contributed by atoms with van der Waals surface area (Å²) in [6, 6.07) is 8.53. The van der Waals surface area contributed by atoms with E-state index in [4.69, 9.17) is 16.3 Å². The predicted octanol–water partition coefficient (Wildman–Crippen LogP) is 4.33. The maximum atomic E-state index is 6.38. The molecule has 1 atom stereocenters. The molecule has 5 heterocycles. The number of thiophene rings is 1. The summed E-state index contributed by atoms with van der Waals surface area (Å²) in [5, 5.41) is 1.20. The van der Waals surface area contributed by atoms with E-state index >= 15 is 0 Å². The first-order valence-electron chi connectivity index (χ1n) is 8.20. The van der Waals surface area contributed by atoms with Gasteiger partial charge in [0, 0.05) is 22.8 Å². The number of rotatable bonds is 1. The van der Waals surface area contributed by atoms with Crippen molar-refractivity contribution in [3.63, 3.8) is 0 Å². The Balaban J connectivity index is 1.49. The third-order valence-electron chi connectivity index (χ3n) is 5.66. The van der Waals surface area contributed by atoms with Gasteiger partial charge in [0.1, 0.15) is 5.60 Å². The second kappa shape index (κ2) is 4.88. The second-order valence-electron chi connectivity index (χ2n) is 6.97. The van der Waals surface area contributed by atoms with Crippen molar-refractivity contribution in [2.45, 2.75) is 18.4 Å². The van der Waals surface area contributed by atoms with Crippen molar-refractivity contribution in [3.05, 3.63) is 41.1 Å². The van der Waals surface area contributed by atoms with Crippen LogP contribution in [-0.4, -0.2) is 36.7 Å². The summed E-state index contributed by atoms with van der Waals surface area (Å²) in [6.07, 6.45) is 2.50. The zero-order valence-corrected chi connectivity index (χ0v) is 14.5. The van der Waals surface area contributed by atoms with Gasteiger partial charge in [0.15, 0.2) is 5.88 Å². The van der Waals surface area contributed by atoms with Crippen molar-refractivity contribution in [1.29, 1.82) is 0 Å². The Morgan fingerprint density at radius 1 is 1.22 bits per heavy atom. The molecule has 23 heavy (non-hydrogen) atoms. The molecule has 2 aromatic rings. The van der Waals surface area contributed by atoms with E-state index in [1.165, 1.54) is 36.0 Å². The Labute approximate surface area is 145 Å². The minimum atomic E-state index is -0.0599. The molecule has 1 aromatic carbocycles. The summed E-state index contributed by atoms with van der Waals surface area (Å²) in [5.74, 6) is 1.45. The highest BCUT2D eigenvalue weighted by Gasteiger charge is 2.53. The molecule has 0 saturated carbocycles. The minimum Gasteiger partial charge on any atom is -0.469 e. The van der Waals surface area contributed by atoms with Gasteiger partial charge in [-0.25, -0.2) is 0 Å². The Bertz CT molecular complexity index is 795. The molecule has 120 valence electrons. The van der Waals surface area contributed by atoms with Crippen LogP contribution in [0.1, 0.15) is 12.8 Å². The predicted molar refractivity (Wildman–Crippen MR) is 96.3 cm³/mol. The number of fused-ring (bicyclic) bond motifs is 3. The van der Waals surface area contributed by atoms with Crippen LogP contribution < -0.4 is 4.90 Å². The second-order valence-corrected chi connectivity index (χ2v) is 8.68. The summed E-state index contributed by atoms with van der Waals surface area (Å²) in [4.78, 5) is 4.79. The molecule has 1 spiro atoms. The smallest absolute Gasteiger partial charge is 0.187 e. The average molecular weight is 347 g/mol. The molecule has 4 aliphatic heterocycles. The summed E-state index contributed by atoms with van der Waals surface area (Å²) in [7, 11) is 0. The van der Waals surface area contributed by atoms with Crippen LogP contribution in [0.2, 0.25) is 4.34 Å². The molecule has 1 aromatic heterocycles. The topological polar surface area (TPSA) is 15.7 Å². The van der Waals surface area contributed by atoms with Crippen molar-refractivity contribution >= 4 is 38.7 Å². The molecular weight excluding hydrogens is 328 g/mol. The van der Waals surface area contributed by atoms with Gasteiger partial charge in [0.2, 0.25) is 0 Å². The number of piperidine rings is 3. The molecular formula is C18H19ClN2OS. The van der Waals surface area contributed by atoms with Crippen molar-refractivity contribution in [3.8, 4) is 0 Å². The number of benzene rings is 1. The van der Waals surface area contributed by atoms with Gasteiger partial charge in [-0.3, -0.25) is 4.90 Å². The summed E-state index contributed by atoms with van der Waals surface area (Å²) >= 11 is 7.77. The SMILES string of the molecule is C=C1O[C@]2(CN3CCC2CC3)CN1c1ccc2cc(Cl)sc2c1. The number of nitrogens with zero attached hydrogens (tertiary/aromatic N) is 2. The van der Waals surface area contributed by atoms with Gasteiger partial charge < -0.3 is 9.64 Å². The van der Waals surface area contributed by atoms with Crippen LogP contribution in [0.3, 0.4) is 0 Å². The van der Waals surface area contributed by atoms with Gasteiger partial charge in [0.25, 0.3) is 0 Å². The normalized spacial score (nSPS) is 32.9. The Morgan fingerprint density at radius 2 is 2.04 bits per heavy atom. The Kier molecular flexibility index (Phi) is 3.00. The number of halogens is 1. The van der Waals surface area contributed by atoms with Crippen LogP contribution in [0.5, 0.6) is 0 Å². The van der Waals surface area contributed by atoms with Gasteiger partial charge >= 0.3 is 0 Å². The highest BCUT2D eigenvalue weighted by molar-refractivity contribution is 7.22. The third-order valence-corrected chi connectivity index (χ3v) is 6.88. The van der Waals surface area contributed by atoms with Crippen LogP contribution in [0.25, 0.3) is 10.1 Å². The lowest BCUT2D eigenvalue weighted by Crippen LogP contribution is -2.60. The maximum absolute atomic E-state index is 6.38. The zero-order valence-electron chi connectivity index (χ0n) is 12.9. The molecule has 4 aliphatic rings. The van der Waals surface area contributed by atoms with E-state index in [2.05, 4.69) is 34.6 Å². The van der Waals surface area contributed by atoms with Gasteiger partial charge in [-0.05, 0) is 56.1 Å². The van der Waals surface area contributed by atoms with Crippen molar-refractivity contribution < 1.29 is 4.74 Å². The monoisotopic (exact) mass is 346 g/mol. The molecule has 0 radical (unpaired) electrons. The van der Waals surface area contributed by atoms with Gasteiger partial charge in [0.05, 0.1) is 10.9 Å². The first kappa shape index (κ1) is 14.1. The van der Waals surface area contributed by atoms with Crippen molar-refractivity contribution in [1.82, 2.24) is 4.90 Å². The Morgan fingerprint density at radius 3 is 2.78 bits per heavy atom. The largest absolute Gasteiger partial charge is 0.469 e. The van der Waals surface area contributed by atoms with E-state index in [0.29, 0.717) is 5.92 Å². The van der Waals surface area contributed by atoms with Gasteiger partial charge in [-0.15, -0.1) is 11.3 Å². The van der Waals surface area contributed by atoms with Gasteiger partial charge in [-0.2, -0.15) is 0 Å². The lowest BCUT2D eigenvalue weighted by molar-refractivity contribution is -0.0981. The highest BCUT2D eigenvalue weighted by atomic mass is 35.5. The van der Waals surface area contributed by atoms with E-state index in [0.717, 1.165) is 29.0 Å². The first-order chi connectivity index (χ1) is 11.1. The van der Waals surface area contributed by atoms with E-state index in [1.807, 2.05) is 6.07 Å². The minimum absolute atomic E-state index is 0.0599. The van der Waals surface area contributed by atoms with E-state index in [9.17, 15) is 0 Å². The standard InChI is InChI=1S/C18H19ClN2OS/c1-12-21(15-3-2-13-8-17(19)23-16(13)9-15)11-18(22-12)10-20-6-4-14(18)5-7-20/h2-3,8-9,14H,1,4-7,10-11H2/t18-/m1/s1. The molecule has 3 nitrogen and oxygen atoms in total. The Hall–Kier alpha value is -1.23. The fraction of sp³-hybridized carbons (Fsp3) is 0.444. The molecule has 6 rings (SSSR count). The summed E-state index contributed by atoms with van der Waals surface area (Å²) in [6.45, 7) is 8.60. The number of ether oxygens (including phenoxy) is 1. The molecule has 0 N–H and O–H groups in total. The molecule has 4 saturated heterocycles. The lowest BCUT2D eigenvalue weighted by atomic mass is 9.75. The summed E-state index contributed by atoms with van der Waals surface area (Å²) in [5.41, 5.74) is 1.10. The molecule has 0 unspecified atom stereocenters. The van der Waals surface area contributed by atoms with E-state index in [-0.39, 0.29) is 5.60 Å². The molecule has 2 bridgehead atoms. The van der Waals surface area contributed by atoms with Crippen LogP contribution in [0, 0.1) is 5.92 Å². The quantitative estimate of drug-likeness (QED) is 0.764. The van der Waals surface area contributed by atoms with Crippen LogP contribution in [-0.2, 0) is 4.74 Å². The van der Waals surface area contributed by atoms with Crippen LogP contribution in [0.15, 0.2) is 36.7 Å². The van der Waals surface area contributed by atoms with Crippen LogP contribution in [0.4, 0.5) is 5.69 Å². The first-order valence-corrected chi connectivity index (χ1v) is 9.39. The van der Waals surface area contributed by atoms with Crippen LogP contribution >= 0.6 is 22.9 Å². The van der Waals surface area contributed by atoms with Crippen molar-refractivity contribution in [2.75, 3.05) is 31.1 Å². The zero-order chi connectivity index (χ0) is 15.6. The number of hydrogen-bond donors (Lipinski definition) is 0. The maximum Gasteiger partial charge on any atom is 0.187 e. The molecule has 4 fully saturated rings. The fourth-order valence-electron chi connectivity index (χ4n) is 4.49. The third kappa shape index (κ3) is 2.12. The highest BCUT2D eigenvalue weighted by Crippen LogP contribution is 2.46. The number of hydrogen-bond acceptors (Lipinski definition) is 4. The fourth-order valence-corrected chi connectivity index (χ4v) is 5.68. The average Bonchev–Trinajstić information content (AvgIpc) is 3.07. The van der Waals surface area contributed by atoms with Gasteiger partial charge in [-0.1, -0.05) is 17.7 Å². The molecule has 0 amide bonds. The van der Waals surface area contributed by atoms with Crippen molar-refractivity contribution in [2.24, 2.45) is 5.92 Å². The molecule has 0 aliphatic carbocycles. The lowest BCUT2D eigenvalue weighted by Gasteiger charge is -2.50. The van der Waals surface area contributed by atoms with E-state index < -0.39 is 0 Å². The number of anilines is 1. The summed E-state index contributed by atoms with van der Waals surface area (Å²) < 4.78 is 8.43. The van der Waals surface area contributed by atoms with E-state index in [1.54, 1.807) is 11.3 Å².